The molecule has 0 aliphatic carbocycles. The third kappa shape index (κ3) is 6.59. The number of pyridine rings is 2. The van der Waals surface area contributed by atoms with Gasteiger partial charge in [0.1, 0.15) is 11.9 Å². The minimum atomic E-state index is -0.693. The Hall–Kier alpha value is -4.20. The van der Waals surface area contributed by atoms with Crippen LogP contribution in [-0.4, -0.2) is 99.5 Å². The van der Waals surface area contributed by atoms with Gasteiger partial charge in [0.15, 0.2) is 0 Å². The molecule has 1 unspecified atom stereocenters. The van der Waals surface area contributed by atoms with E-state index in [1.54, 1.807) is 36.0 Å². The number of β-amino-alcohol motifs (C(OH)–C–C–N with tert-alkyl or cyclic N) is 1. The van der Waals surface area contributed by atoms with E-state index in [-0.39, 0.29) is 24.0 Å². The van der Waals surface area contributed by atoms with Crippen LogP contribution >= 0.6 is 23.2 Å². The van der Waals surface area contributed by atoms with Gasteiger partial charge >= 0.3 is 0 Å². The van der Waals surface area contributed by atoms with Crippen molar-refractivity contribution < 1.29 is 19.4 Å². The molecule has 7 rings (SSSR count). The Morgan fingerprint density at radius 1 is 1.10 bits per heavy atom. The van der Waals surface area contributed by atoms with Crippen LogP contribution in [0.1, 0.15) is 35.8 Å². The highest BCUT2D eigenvalue weighted by Gasteiger charge is 2.40. The molecule has 2 fully saturated rings. The number of nitrogens with zero attached hydrogens (tertiary/aromatic N) is 5. The van der Waals surface area contributed by atoms with Crippen LogP contribution in [0.25, 0.3) is 33.6 Å². The number of aliphatic hydroxyl groups is 1. The van der Waals surface area contributed by atoms with Crippen LogP contribution in [0, 0.1) is 0 Å². The Morgan fingerprint density at radius 2 is 1.88 bits per heavy atom. The number of aromatic nitrogens is 3. The highest BCUT2D eigenvalue weighted by atomic mass is 35.5. The van der Waals surface area contributed by atoms with Crippen LogP contribution in [0.5, 0.6) is 5.88 Å². The lowest BCUT2D eigenvalue weighted by Gasteiger charge is -2.47. The SMILES string of the molecule is COc1nc(-c2cccc(-c3ccnc(-c4cc5n(c4)NC(CN4CC(C)(O)C4)N(C)C5=O)c3Cl)c2Cl)ccc1CNC[C@@H]1CCC(=O)N1. The molecule has 0 spiro atoms. The van der Waals surface area contributed by atoms with Gasteiger partial charge in [0.25, 0.3) is 5.91 Å². The first-order valence-electron chi connectivity index (χ1n) is 16.2. The highest BCUT2D eigenvalue weighted by molar-refractivity contribution is 6.39. The first-order chi connectivity index (χ1) is 23.5. The standard InChI is InChI=1S/C35H38Cl2N8O4/c1-35(48)18-44(19-35)17-28-42-45-16-21(13-27(45)34(47)43(28)2)32-31(37)24(11-12-39-32)23-5-4-6-25(30(23)36)26-9-7-20(33(41-26)49-3)14-38-15-22-8-10-29(46)40-22/h4-7,9,11-13,16,22,28,38,42,48H,8,10,14-15,17-19H2,1-3H3,(H,40,46)/t22-,28?/m0/s1. The molecule has 2 saturated heterocycles. The fourth-order valence-electron chi connectivity index (χ4n) is 6.82. The van der Waals surface area contributed by atoms with Gasteiger partial charge in [0.2, 0.25) is 11.8 Å². The van der Waals surface area contributed by atoms with Crippen molar-refractivity contribution in [3.05, 3.63) is 76.2 Å². The molecule has 12 nitrogen and oxygen atoms in total. The highest BCUT2D eigenvalue weighted by Crippen LogP contribution is 2.42. The molecule has 0 bridgehead atoms. The van der Waals surface area contributed by atoms with Crippen LogP contribution in [0.4, 0.5) is 0 Å². The summed E-state index contributed by atoms with van der Waals surface area (Å²) in [7, 11) is 3.35. The number of carbonyl (C=O) groups excluding carboxylic acids is 2. The molecule has 4 aromatic rings. The smallest absolute Gasteiger partial charge is 0.273 e. The fraction of sp³-hybridized carbons (Fsp3) is 0.371. The van der Waals surface area contributed by atoms with Gasteiger partial charge in [-0.15, -0.1) is 0 Å². The maximum atomic E-state index is 13.4. The Morgan fingerprint density at radius 3 is 2.61 bits per heavy atom. The van der Waals surface area contributed by atoms with E-state index in [1.165, 1.54) is 0 Å². The van der Waals surface area contributed by atoms with E-state index in [0.29, 0.717) is 94.4 Å². The Balaban J connectivity index is 1.12. The van der Waals surface area contributed by atoms with Crippen molar-refractivity contribution in [1.29, 1.82) is 0 Å². The number of ether oxygens (including phenoxy) is 1. The summed E-state index contributed by atoms with van der Waals surface area (Å²) in [5.41, 5.74) is 8.03. The van der Waals surface area contributed by atoms with Gasteiger partial charge in [-0.1, -0.05) is 47.5 Å². The summed E-state index contributed by atoms with van der Waals surface area (Å²) >= 11 is 14.1. The van der Waals surface area contributed by atoms with E-state index >= 15 is 0 Å². The van der Waals surface area contributed by atoms with Crippen LogP contribution in [-0.2, 0) is 11.3 Å². The van der Waals surface area contributed by atoms with E-state index in [1.807, 2.05) is 49.5 Å². The topological polar surface area (TPSA) is 137 Å². The number of fused-ring (bicyclic) bond motifs is 1. The first kappa shape index (κ1) is 33.3. The molecule has 49 heavy (non-hydrogen) atoms. The largest absolute Gasteiger partial charge is 0.481 e. The van der Waals surface area contributed by atoms with Crippen molar-refractivity contribution in [2.24, 2.45) is 0 Å². The average Bonchev–Trinajstić information content (AvgIpc) is 3.69. The van der Waals surface area contributed by atoms with E-state index in [0.717, 1.165) is 12.0 Å². The molecule has 6 heterocycles. The molecule has 14 heteroatoms. The number of hydrogen-bond acceptors (Lipinski definition) is 9. The lowest BCUT2D eigenvalue weighted by Crippen LogP contribution is -2.65. The maximum absolute atomic E-state index is 13.4. The summed E-state index contributed by atoms with van der Waals surface area (Å²) in [5.74, 6) is 0.447. The quantitative estimate of drug-likeness (QED) is 0.193. The summed E-state index contributed by atoms with van der Waals surface area (Å²) < 4.78 is 7.36. The van der Waals surface area contributed by atoms with E-state index < -0.39 is 5.60 Å². The van der Waals surface area contributed by atoms with Gasteiger partial charge in [0, 0.05) is 92.4 Å². The molecular formula is C35H38Cl2N8O4. The van der Waals surface area contributed by atoms with Gasteiger partial charge in [-0.05, 0) is 31.5 Å². The van der Waals surface area contributed by atoms with E-state index in [4.69, 9.17) is 32.9 Å². The minimum absolute atomic E-state index is 0.0910. The minimum Gasteiger partial charge on any atom is -0.481 e. The first-order valence-corrected chi connectivity index (χ1v) is 17.0. The van der Waals surface area contributed by atoms with Crippen LogP contribution in [0.2, 0.25) is 10.0 Å². The second-order valence-electron chi connectivity index (χ2n) is 13.2. The van der Waals surface area contributed by atoms with Crippen molar-refractivity contribution in [2.45, 2.75) is 44.1 Å². The summed E-state index contributed by atoms with van der Waals surface area (Å²) in [6, 6.07) is 13.3. The second kappa shape index (κ2) is 13.3. The van der Waals surface area contributed by atoms with Crippen molar-refractivity contribution in [3.63, 3.8) is 0 Å². The number of halogens is 2. The number of rotatable bonds is 10. The third-order valence-corrected chi connectivity index (χ3v) is 10.1. The number of nitrogens with one attached hydrogen (secondary N) is 3. The number of amides is 2. The van der Waals surface area contributed by atoms with Crippen LogP contribution in [0.3, 0.4) is 0 Å². The number of likely N-dealkylation sites (tertiary alicyclic amines) is 1. The van der Waals surface area contributed by atoms with Gasteiger partial charge in [0.05, 0.1) is 34.1 Å². The van der Waals surface area contributed by atoms with Crippen LogP contribution in [0.15, 0.2) is 54.9 Å². The molecule has 2 atom stereocenters. The predicted octanol–water partition coefficient (Wildman–Crippen LogP) is 3.98. The molecule has 256 valence electrons. The van der Waals surface area contributed by atoms with Gasteiger partial charge in [-0.3, -0.25) is 24.1 Å². The molecule has 2 amide bonds. The monoisotopic (exact) mass is 704 g/mol. The number of methoxy groups -OCH3 is 1. The van der Waals surface area contributed by atoms with Gasteiger partial charge in [-0.2, -0.15) is 0 Å². The van der Waals surface area contributed by atoms with Crippen LogP contribution < -0.4 is 20.8 Å². The van der Waals surface area contributed by atoms with Gasteiger partial charge in [-0.25, -0.2) is 4.98 Å². The number of hydrogen-bond donors (Lipinski definition) is 4. The van der Waals surface area contributed by atoms with Crippen molar-refractivity contribution in [2.75, 3.05) is 45.8 Å². The van der Waals surface area contributed by atoms with Gasteiger partial charge < -0.3 is 30.8 Å². The van der Waals surface area contributed by atoms with E-state index in [9.17, 15) is 14.7 Å². The normalized spacial score (nSPS) is 20.1. The second-order valence-corrected chi connectivity index (χ2v) is 14.0. The number of carbonyl (C=O) groups is 2. The zero-order chi connectivity index (χ0) is 34.4. The molecule has 1 aromatic carbocycles. The van der Waals surface area contributed by atoms with Crippen molar-refractivity contribution in [1.82, 2.24) is 35.1 Å². The molecule has 0 radical (unpaired) electrons. The lowest BCUT2D eigenvalue weighted by atomic mass is 9.97. The fourth-order valence-corrected chi connectivity index (χ4v) is 7.47. The third-order valence-electron chi connectivity index (χ3n) is 9.33. The summed E-state index contributed by atoms with van der Waals surface area (Å²) in [6.07, 6.45) is 4.62. The number of likely N-dealkylation sites (N-methyl/N-ethyl adjacent to an activating group) is 1. The summed E-state index contributed by atoms with van der Waals surface area (Å²) in [5, 5.41) is 17.4. The molecule has 0 saturated carbocycles. The molecule has 3 aliphatic rings. The summed E-state index contributed by atoms with van der Waals surface area (Å²) in [6.45, 7) is 4.71. The van der Waals surface area contributed by atoms with Crippen molar-refractivity contribution in [3.8, 4) is 39.5 Å². The molecule has 3 aromatic heterocycles. The maximum Gasteiger partial charge on any atom is 0.273 e. The predicted molar refractivity (Wildman–Crippen MR) is 188 cm³/mol. The zero-order valence-corrected chi connectivity index (χ0v) is 29.0. The zero-order valence-electron chi connectivity index (χ0n) is 27.5. The Kier molecular flexibility index (Phi) is 9.01. The summed E-state index contributed by atoms with van der Waals surface area (Å²) in [4.78, 5) is 38.0. The lowest BCUT2D eigenvalue weighted by molar-refractivity contribution is -0.119. The Labute approximate surface area is 294 Å². The van der Waals surface area contributed by atoms with Crippen molar-refractivity contribution >= 4 is 35.0 Å². The molecule has 3 aliphatic heterocycles. The number of benzene rings is 1. The van der Waals surface area contributed by atoms with E-state index in [2.05, 4.69) is 25.9 Å². The molecule has 4 N–H and O–H groups in total. The molecular weight excluding hydrogens is 667 g/mol. The Bertz CT molecular complexity index is 1920. The average molecular weight is 706 g/mol.